The maximum Gasteiger partial charge on any atom is 0.338 e. The Hall–Kier alpha value is -2.52. The quantitative estimate of drug-likeness (QED) is 0.597. The molecule has 9 heteroatoms. The smallest absolute Gasteiger partial charge is 0.338 e. The van der Waals surface area contributed by atoms with Crippen LogP contribution in [0.2, 0.25) is 0 Å². The third kappa shape index (κ3) is 3.47. The molecule has 0 saturated carbocycles. The van der Waals surface area contributed by atoms with Crippen LogP contribution < -0.4 is 0 Å². The summed E-state index contributed by atoms with van der Waals surface area (Å²) in [5, 5.41) is 14.6. The molecule has 1 aliphatic heterocycles. The minimum absolute atomic E-state index is 0.0521. The van der Waals surface area contributed by atoms with Crippen LogP contribution in [0.4, 0.5) is 5.69 Å². The highest BCUT2D eigenvalue weighted by Gasteiger charge is 2.27. The second-order valence-electron chi connectivity index (χ2n) is 5.75. The van der Waals surface area contributed by atoms with Gasteiger partial charge < -0.3 is 4.52 Å². The van der Waals surface area contributed by atoms with Crippen LogP contribution in [0.15, 0.2) is 33.7 Å². The normalized spacial score (nSPS) is 15.9. The van der Waals surface area contributed by atoms with Crippen LogP contribution in [-0.4, -0.2) is 35.9 Å². The molecule has 0 unspecified atom stereocenters. The van der Waals surface area contributed by atoms with Gasteiger partial charge in [0.25, 0.3) is 0 Å². The maximum atomic E-state index is 12.5. The molecular formula is C16H17N3O5S. The van der Waals surface area contributed by atoms with Gasteiger partial charge in [0.1, 0.15) is 0 Å². The van der Waals surface area contributed by atoms with Crippen LogP contribution in [0.1, 0.15) is 29.9 Å². The minimum Gasteiger partial charge on any atom is -0.349 e. The van der Waals surface area contributed by atoms with Crippen molar-refractivity contribution in [2.75, 3.05) is 13.1 Å². The lowest BCUT2D eigenvalue weighted by Crippen LogP contribution is -2.27. The van der Waals surface area contributed by atoms with E-state index in [-0.39, 0.29) is 22.0 Å². The summed E-state index contributed by atoms with van der Waals surface area (Å²) < 4.78 is 31.3. The first kappa shape index (κ1) is 17.3. The van der Waals surface area contributed by atoms with Crippen LogP contribution in [-0.2, 0) is 10.0 Å². The zero-order chi connectivity index (χ0) is 18.0. The van der Waals surface area contributed by atoms with E-state index in [1.807, 2.05) is 0 Å². The average Bonchev–Trinajstić information content (AvgIpc) is 3.23. The zero-order valence-corrected chi connectivity index (χ0v) is 14.4. The molecule has 1 saturated heterocycles. The number of hydrogen-bond acceptors (Lipinski definition) is 6. The minimum atomic E-state index is -3.45. The van der Waals surface area contributed by atoms with Crippen LogP contribution in [0.3, 0.4) is 0 Å². The predicted octanol–water partition coefficient (Wildman–Crippen LogP) is 2.85. The number of nitrogens with zero attached hydrogens (tertiary/aromatic N) is 3. The largest absolute Gasteiger partial charge is 0.349 e. The van der Waals surface area contributed by atoms with Crippen LogP contribution in [0.5, 0.6) is 0 Å². The van der Waals surface area contributed by atoms with Crippen LogP contribution in [0, 0.1) is 17.0 Å². The number of sulfonamides is 1. The van der Waals surface area contributed by atoms with Crippen molar-refractivity contribution < 1.29 is 17.9 Å². The predicted molar refractivity (Wildman–Crippen MR) is 91.3 cm³/mol. The van der Waals surface area contributed by atoms with Gasteiger partial charge in [0.15, 0.2) is 5.69 Å². The molecule has 132 valence electrons. The Bertz CT molecular complexity index is 910. The number of hydrogen-bond donors (Lipinski definition) is 0. The van der Waals surface area contributed by atoms with E-state index < -0.39 is 14.9 Å². The highest BCUT2D eigenvalue weighted by Crippen LogP contribution is 2.25. The van der Waals surface area contributed by atoms with Crippen molar-refractivity contribution in [3.8, 4) is 0 Å². The van der Waals surface area contributed by atoms with Crippen molar-refractivity contribution in [3.63, 3.8) is 0 Å². The summed E-state index contributed by atoms with van der Waals surface area (Å²) >= 11 is 0. The SMILES string of the molecule is Cc1noc(C=Cc2ccc(S(=O)(=O)N3CCCC3)cc2)c1[N+](=O)[O-]. The summed E-state index contributed by atoms with van der Waals surface area (Å²) in [5.41, 5.74) is 0.727. The summed E-state index contributed by atoms with van der Waals surface area (Å²) in [6.45, 7) is 2.61. The van der Waals surface area contributed by atoms with Crippen LogP contribution in [0.25, 0.3) is 12.2 Å². The molecular weight excluding hydrogens is 346 g/mol. The summed E-state index contributed by atoms with van der Waals surface area (Å²) in [7, 11) is -3.45. The Labute approximate surface area is 144 Å². The number of nitro groups is 1. The molecule has 3 rings (SSSR count). The third-order valence-electron chi connectivity index (χ3n) is 4.05. The molecule has 1 fully saturated rings. The highest BCUT2D eigenvalue weighted by molar-refractivity contribution is 7.89. The van der Waals surface area contributed by atoms with E-state index in [1.165, 1.54) is 29.4 Å². The van der Waals surface area contributed by atoms with Gasteiger partial charge in [-0.25, -0.2) is 8.42 Å². The van der Waals surface area contributed by atoms with Gasteiger partial charge in [0.2, 0.25) is 15.8 Å². The van der Waals surface area contributed by atoms with Crippen molar-refractivity contribution in [2.24, 2.45) is 0 Å². The van der Waals surface area contributed by atoms with E-state index in [9.17, 15) is 18.5 Å². The van der Waals surface area contributed by atoms with Gasteiger partial charge in [-0.1, -0.05) is 23.4 Å². The Balaban J connectivity index is 1.80. The molecule has 2 aromatic rings. The Kier molecular flexibility index (Phi) is 4.69. The fraction of sp³-hybridized carbons (Fsp3) is 0.312. The summed E-state index contributed by atoms with van der Waals surface area (Å²) in [6.07, 6.45) is 4.83. The molecule has 0 radical (unpaired) electrons. The second-order valence-corrected chi connectivity index (χ2v) is 7.69. The number of aromatic nitrogens is 1. The first-order valence-electron chi connectivity index (χ1n) is 7.78. The molecule has 0 spiro atoms. The van der Waals surface area contributed by atoms with Gasteiger partial charge in [-0.2, -0.15) is 4.31 Å². The summed E-state index contributed by atoms with van der Waals surface area (Å²) in [4.78, 5) is 10.7. The molecule has 1 aromatic carbocycles. The highest BCUT2D eigenvalue weighted by atomic mass is 32.2. The fourth-order valence-corrected chi connectivity index (χ4v) is 4.23. The van der Waals surface area contributed by atoms with E-state index >= 15 is 0 Å². The summed E-state index contributed by atoms with van der Waals surface area (Å²) in [5.74, 6) is 0.0521. The lowest BCUT2D eigenvalue weighted by atomic mass is 10.2. The Morgan fingerprint density at radius 1 is 1.20 bits per heavy atom. The lowest BCUT2D eigenvalue weighted by molar-refractivity contribution is -0.386. The van der Waals surface area contributed by atoms with Crippen molar-refractivity contribution >= 4 is 27.9 Å². The van der Waals surface area contributed by atoms with Crippen molar-refractivity contribution in [3.05, 3.63) is 51.4 Å². The van der Waals surface area contributed by atoms with Gasteiger partial charge in [0, 0.05) is 13.1 Å². The molecule has 0 aliphatic carbocycles. The molecule has 0 amide bonds. The van der Waals surface area contributed by atoms with Gasteiger partial charge >= 0.3 is 5.69 Å². The van der Waals surface area contributed by atoms with Crippen molar-refractivity contribution in [1.82, 2.24) is 9.46 Å². The van der Waals surface area contributed by atoms with Crippen molar-refractivity contribution in [2.45, 2.75) is 24.7 Å². The van der Waals surface area contributed by atoms with Crippen LogP contribution >= 0.6 is 0 Å². The average molecular weight is 363 g/mol. The number of aryl methyl sites for hydroxylation is 1. The molecule has 25 heavy (non-hydrogen) atoms. The third-order valence-corrected chi connectivity index (χ3v) is 5.96. The van der Waals surface area contributed by atoms with Gasteiger partial charge in [-0.15, -0.1) is 0 Å². The topological polar surface area (TPSA) is 107 Å². The number of benzene rings is 1. The molecule has 1 aliphatic rings. The molecule has 2 heterocycles. The van der Waals surface area contributed by atoms with Gasteiger partial charge in [-0.3, -0.25) is 10.1 Å². The standard InChI is InChI=1S/C16H17N3O5S/c1-12-16(19(20)21)15(24-17-12)9-6-13-4-7-14(8-5-13)25(22,23)18-10-2-3-11-18/h4-9H,2-3,10-11H2,1H3. The van der Waals surface area contributed by atoms with Gasteiger partial charge in [-0.05, 0) is 43.5 Å². The Morgan fingerprint density at radius 3 is 2.44 bits per heavy atom. The maximum absolute atomic E-state index is 12.5. The monoisotopic (exact) mass is 363 g/mol. The summed E-state index contributed by atoms with van der Waals surface area (Å²) in [6, 6.07) is 6.36. The van der Waals surface area contributed by atoms with E-state index in [4.69, 9.17) is 4.52 Å². The van der Waals surface area contributed by atoms with E-state index in [1.54, 1.807) is 18.2 Å². The van der Waals surface area contributed by atoms with E-state index in [2.05, 4.69) is 5.16 Å². The van der Waals surface area contributed by atoms with E-state index in [0.29, 0.717) is 18.7 Å². The molecule has 1 aromatic heterocycles. The lowest BCUT2D eigenvalue weighted by Gasteiger charge is -2.15. The van der Waals surface area contributed by atoms with Crippen molar-refractivity contribution in [1.29, 1.82) is 0 Å². The number of rotatable bonds is 5. The Morgan fingerprint density at radius 2 is 1.84 bits per heavy atom. The van der Waals surface area contributed by atoms with E-state index in [0.717, 1.165) is 12.8 Å². The molecule has 0 atom stereocenters. The second kappa shape index (κ2) is 6.77. The molecule has 8 nitrogen and oxygen atoms in total. The first-order chi connectivity index (χ1) is 11.9. The van der Waals surface area contributed by atoms with Gasteiger partial charge in [0.05, 0.1) is 9.82 Å². The fourth-order valence-electron chi connectivity index (χ4n) is 2.71. The molecule has 0 bridgehead atoms. The first-order valence-corrected chi connectivity index (χ1v) is 9.22. The zero-order valence-electron chi connectivity index (χ0n) is 13.6. The molecule has 0 N–H and O–H groups in total.